The van der Waals surface area contributed by atoms with Gasteiger partial charge in [0.1, 0.15) is 5.69 Å². The summed E-state index contributed by atoms with van der Waals surface area (Å²) in [6.45, 7) is 5.12. The smallest absolute Gasteiger partial charge is 0.272 e. The molecule has 126 valence electrons. The highest BCUT2D eigenvalue weighted by atomic mass is 16.2. The Morgan fingerprint density at radius 2 is 1.70 bits per heavy atom. The van der Waals surface area contributed by atoms with Crippen molar-refractivity contribution >= 4 is 11.8 Å². The predicted molar refractivity (Wildman–Crippen MR) is 86.0 cm³/mol. The van der Waals surface area contributed by atoms with E-state index in [-0.39, 0.29) is 11.8 Å². The molecule has 0 N–H and O–H groups in total. The molecular formula is C16H25N5O2. The van der Waals surface area contributed by atoms with Crippen molar-refractivity contribution in [2.45, 2.75) is 19.3 Å². The first-order valence-electron chi connectivity index (χ1n) is 8.41. The van der Waals surface area contributed by atoms with Crippen LogP contribution in [0.3, 0.4) is 0 Å². The van der Waals surface area contributed by atoms with Gasteiger partial charge in [0, 0.05) is 46.3 Å². The number of imidazole rings is 1. The summed E-state index contributed by atoms with van der Waals surface area (Å²) >= 11 is 0. The number of likely N-dealkylation sites (tertiary alicyclic amines) is 1. The summed E-state index contributed by atoms with van der Waals surface area (Å²) < 4.78 is 1.74. The molecule has 0 atom stereocenters. The standard InChI is InChI=1S/C16H25N5O2/c1-18-13-17-11-14(18)16(23)21-9-7-19(8-10-21)12-15(22)20-5-3-2-4-6-20/h11,13H,2-10,12H2,1H3. The van der Waals surface area contributed by atoms with Crippen molar-refractivity contribution in [2.24, 2.45) is 7.05 Å². The minimum atomic E-state index is 0.0204. The van der Waals surface area contributed by atoms with E-state index in [1.165, 1.54) is 6.42 Å². The van der Waals surface area contributed by atoms with Gasteiger partial charge in [-0.05, 0) is 19.3 Å². The first-order chi connectivity index (χ1) is 11.1. The second-order valence-electron chi connectivity index (χ2n) is 6.40. The zero-order valence-electron chi connectivity index (χ0n) is 13.8. The third kappa shape index (κ3) is 3.72. The number of hydrogen-bond donors (Lipinski definition) is 0. The van der Waals surface area contributed by atoms with Gasteiger partial charge in [-0.15, -0.1) is 0 Å². The van der Waals surface area contributed by atoms with Gasteiger partial charge in [-0.3, -0.25) is 14.5 Å². The van der Waals surface area contributed by atoms with Gasteiger partial charge in [-0.2, -0.15) is 0 Å². The fraction of sp³-hybridized carbons (Fsp3) is 0.688. The molecule has 7 nitrogen and oxygen atoms in total. The predicted octanol–water partition coefficient (Wildman–Crippen LogP) is 0.190. The number of amides is 2. The van der Waals surface area contributed by atoms with Gasteiger partial charge in [0.15, 0.2) is 0 Å². The molecule has 7 heteroatoms. The molecule has 2 aliphatic rings. The first-order valence-corrected chi connectivity index (χ1v) is 8.41. The largest absolute Gasteiger partial charge is 0.342 e. The maximum atomic E-state index is 12.4. The molecule has 0 spiro atoms. The first kappa shape index (κ1) is 16.0. The monoisotopic (exact) mass is 319 g/mol. The average molecular weight is 319 g/mol. The van der Waals surface area contributed by atoms with Crippen LogP contribution < -0.4 is 0 Å². The lowest BCUT2D eigenvalue weighted by Crippen LogP contribution is -2.52. The maximum Gasteiger partial charge on any atom is 0.272 e. The van der Waals surface area contributed by atoms with Crippen LogP contribution in [0.2, 0.25) is 0 Å². The van der Waals surface area contributed by atoms with Crippen LogP contribution in [0, 0.1) is 0 Å². The number of carbonyl (C=O) groups excluding carboxylic acids is 2. The van der Waals surface area contributed by atoms with Gasteiger partial charge in [0.05, 0.1) is 19.1 Å². The Bertz CT molecular complexity index is 557. The summed E-state index contributed by atoms with van der Waals surface area (Å²) in [7, 11) is 1.83. The van der Waals surface area contributed by atoms with Crippen molar-refractivity contribution in [3.05, 3.63) is 18.2 Å². The van der Waals surface area contributed by atoms with Gasteiger partial charge in [0.25, 0.3) is 5.91 Å². The maximum absolute atomic E-state index is 12.4. The molecule has 0 saturated carbocycles. The molecule has 3 heterocycles. The van der Waals surface area contributed by atoms with Crippen LogP contribution >= 0.6 is 0 Å². The van der Waals surface area contributed by atoms with E-state index in [0.717, 1.165) is 39.0 Å². The third-order valence-corrected chi connectivity index (χ3v) is 4.76. The molecule has 0 bridgehead atoms. The molecule has 1 aromatic rings. The van der Waals surface area contributed by atoms with Crippen molar-refractivity contribution < 1.29 is 9.59 Å². The minimum absolute atomic E-state index is 0.0204. The molecule has 0 aliphatic carbocycles. The van der Waals surface area contributed by atoms with E-state index >= 15 is 0 Å². The quantitative estimate of drug-likeness (QED) is 0.798. The fourth-order valence-electron chi connectivity index (χ4n) is 3.27. The summed E-state index contributed by atoms with van der Waals surface area (Å²) in [5.41, 5.74) is 0.614. The van der Waals surface area contributed by atoms with E-state index < -0.39 is 0 Å². The molecule has 0 unspecified atom stereocenters. The van der Waals surface area contributed by atoms with Crippen LogP contribution in [0.25, 0.3) is 0 Å². The third-order valence-electron chi connectivity index (χ3n) is 4.76. The molecule has 2 saturated heterocycles. The van der Waals surface area contributed by atoms with Crippen molar-refractivity contribution in [3.8, 4) is 0 Å². The van der Waals surface area contributed by atoms with Gasteiger partial charge in [0.2, 0.25) is 5.91 Å². The van der Waals surface area contributed by atoms with Crippen molar-refractivity contribution in [3.63, 3.8) is 0 Å². The second kappa shape index (κ2) is 7.12. The Morgan fingerprint density at radius 3 is 2.30 bits per heavy atom. The fourth-order valence-corrected chi connectivity index (χ4v) is 3.27. The average Bonchev–Trinajstić information content (AvgIpc) is 3.02. The SMILES string of the molecule is Cn1cncc1C(=O)N1CCN(CC(=O)N2CCCCC2)CC1. The van der Waals surface area contributed by atoms with Gasteiger partial charge >= 0.3 is 0 Å². The normalized spacial score (nSPS) is 19.9. The van der Waals surface area contributed by atoms with Crippen molar-refractivity contribution in [1.82, 2.24) is 24.3 Å². The van der Waals surface area contributed by atoms with E-state index in [9.17, 15) is 9.59 Å². The minimum Gasteiger partial charge on any atom is -0.342 e. The number of nitrogens with zero attached hydrogens (tertiary/aromatic N) is 5. The molecule has 23 heavy (non-hydrogen) atoms. The zero-order valence-corrected chi connectivity index (χ0v) is 13.8. The summed E-state index contributed by atoms with van der Waals surface area (Å²) in [5.74, 6) is 0.253. The molecule has 2 fully saturated rings. The lowest BCUT2D eigenvalue weighted by Gasteiger charge is -2.36. The van der Waals surface area contributed by atoms with Gasteiger partial charge in [-0.1, -0.05) is 0 Å². The number of piperazine rings is 1. The highest BCUT2D eigenvalue weighted by Gasteiger charge is 2.26. The Morgan fingerprint density at radius 1 is 1.00 bits per heavy atom. The zero-order chi connectivity index (χ0) is 16.2. The van der Waals surface area contributed by atoms with E-state index in [4.69, 9.17) is 0 Å². The molecule has 2 aliphatic heterocycles. The Kier molecular flexibility index (Phi) is 4.95. The van der Waals surface area contributed by atoms with Crippen molar-refractivity contribution in [1.29, 1.82) is 0 Å². The van der Waals surface area contributed by atoms with Crippen LogP contribution in [-0.2, 0) is 11.8 Å². The second-order valence-corrected chi connectivity index (χ2v) is 6.40. The highest BCUT2D eigenvalue weighted by molar-refractivity contribution is 5.92. The van der Waals surface area contributed by atoms with Crippen LogP contribution in [0.15, 0.2) is 12.5 Å². The van der Waals surface area contributed by atoms with E-state index in [1.807, 2.05) is 16.8 Å². The molecule has 3 rings (SSSR count). The van der Waals surface area contributed by atoms with E-state index in [2.05, 4.69) is 9.88 Å². The molecule has 1 aromatic heterocycles. The number of aromatic nitrogens is 2. The Hall–Kier alpha value is -1.89. The number of piperidine rings is 1. The Balaban J connectivity index is 1.47. The van der Waals surface area contributed by atoms with Crippen LogP contribution in [0.4, 0.5) is 0 Å². The van der Waals surface area contributed by atoms with E-state index in [1.54, 1.807) is 17.1 Å². The number of hydrogen-bond acceptors (Lipinski definition) is 4. The molecule has 0 radical (unpaired) electrons. The molecular weight excluding hydrogens is 294 g/mol. The summed E-state index contributed by atoms with van der Waals surface area (Å²) in [6, 6.07) is 0. The van der Waals surface area contributed by atoms with E-state index in [0.29, 0.717) is 25.3 Å². The van der Waals surface area contributed by atoms with Crippen molar-refractivity contribution in [2.75, 3.05) is 45.8 Å². The number of rotatable bonds is 3. The molecule has 0 aromatic carbocycles. The Labute approximate surface area is 136 Å². The van der Waals surface area contributed by atoms with Crippen LogP contribution in [-0.4, -0.2) is 81.9 Å². The van der Waals surface area contributed by atoms with Crippen LogP contribution in [0.1, 0.15) is 29.8 Å². The number of carbonyl (C=O) groups is 2. The summed E-state index contributed by atoms with van der Waals surface area (Å²) in [5, 5.41) is 0. The van der Waals surface area contributed by atoms with Gasteiger partial charge in [-0.25, -0.2) is 4.98 Å². The highest BCUT2D eigenvalue weighted by Crippen LogP contribution is 2.11. The summed E-state index contributed by atoms with van der Waals surface area (Å²) in [4.78, 5) is 34.7. The van der Waals surface area contributed by atoms with Crippen LogP contribution in [0.5, 0.6) is 0 Å². The summed E-state index contributed by atoms with van der Waals surface area (Å²) in [6.07, 6.45) is 6.73. The lowest BCUT2D eigenvalue weighted by atomic mass is 10.1. The molecule has 2 amide bonds. The number of aryl methyl sites for hydroxylation is 1. The van der Waals surface area contributed by atoms with Gasteiger partial charge < -0.3 is 14.4 Å². The topological polar surface area (TPSA) is 61.7 Å². The lowest BCUT2D eigenvalue weighted by molar-refractivity contribution is -0.133.